The van der Waals surface area contributed by atoms with Crippen LogP contribution in [0.1, 0.15) is 16.1 Å². The molecule has 0 aliphatic carbocycles. The van der Waals surface area contributed by atoms with Crippen LogP contribution in [-0.2, 0) is 4.74 Å². The van der Waals surface area contributed by atoms with Crippen LogP contribution in [0, 0.1) is 0 Å². The Balaban J connectivity index is 2.06. The first-order valence-electron chi connectivity index (χ1n) is 5.39. The quantitative estimate of drug-likeness (QED) is 0.674. The molecule has 3 rings (SSSR count). The van der Waals surface area contributed by atoms with E-state index in [0.29, 0.717) is 0 Å². The zero-order chi connectivity index (χ0) is 12.4. The molecular weight excluding hydrogens is 264 g/mol. The summed E-state index contributed by atoms with van der Waals surface area (Å²) in [5, 5.41) is 3.74. The third-order valence-electron chi connectivity index (χ3n) is 2.44. The highest BCUT2D eigenvalue weighted by atomic mass is 32.1. The molecule has 1 unspecified atom stereocenters. The Hall–Kier alpha value is -1.72. The van der Waals surface area contributed by atoms with Crippen molar-refractivity contribution in [3.63, 3.8) is 0 Å². The zero-order valence-electron chi connectivity index (χ0n) is 9.45. The second-order valence-corrected chi connectivity index (χ2v) is 5.56. The number of nitrogens with zero attached hydrogens (tertiary/aromatic N) is 2. The van der Waals surface area contributed by atoms with Gasteiger partial charge in [-0.15, -0.1) is 22.7 Å². The number of benzene rings is 1. The van der Waals surface area contributed by atoms with Gasteiger partial charge >= 0.3 is 0 Å². The van der Waals surface area contributed by atoms with E-state index in [-0.39, 0.29) is 6.10 Å². The van der Waals surface area contributed by atoms with Gasteiger partial charge in [-0.2, -0.15) is 0 Å². The first-order valence-corrected chi connectivity index (χ1v) is 7.09. The number of rotatable bonds is 4. The van der Waals surface area contributed by atoms with Gasteiger partial charge in [-0.3, -0.25) is 0 Å². The normalized spacial score (nSPS) is 12.4. The summed E-state index contributed by atoms with van der Waals surface area (Å²) in [6.07, 6.45) is 2.96. The summed E-state index contributed by atoms with van der Waals surface area (Å²) in [5.74, 6) is 0. The lowest BCUT2D eigenvalue weighted by Crippen LogP contribution is -2.01. The van der Waals surface area contributed by atoms with Gasteiger partial charge in [-0.05, 0) is 12.1 Å². The molecule has 5 heteroatoms. The van der Waals surface area contributed by atoms with E-state index in [4.69, 9.17) is 4.74 Å². The third-order valence-corrected chi connectivity index (χ3v) is 4.34. The van der Waals surface area contributed by atoms with E-state index in [1.807, 2.05) is 23.6 Å². The molecule has 0 radical (unpaired) electrons. The van der Waals surface area contributed by atoms with Crippen molar-refractivity contribution in [2.24, 2.45) is 0 Å². The smallest absolute Gasteiger partial charge is 0.200 e. The lowest BCUT2D eigenvalue weighted by Gasteiger charge is -2.10. The fraction of sp³-hybridized carbons (Fsp3) is 0.0769. The predicted octanol–water partition coefficient (Wildman–Crippen LogP) is 4.00. The fourth-order valence-corrected chi connectivity index (χ4v) is 3.44. The van der Waals surface area contributed by atoms with E-state index in [2.05, 4.69) is 22.6 Å². The van der Waals surface area contributed by atoms with Crippen LogP contribution in [0.15, 0.2) is 48.7 Å². The zero-order valence-corrected chi connectivity index (χ0v) is 11.1. The first kappa shape index (κ1) is 11.4. The van der Waals surface area contributed by atoms with E-state index < -0.39 is 0 Å². The molecule has 3 aromatic rings. The standard InChI is InChI=1S/C13H10N2OS2/c1-2-16-11(12-14-7-8-17-12)13-15-9-5-3-4-6-10(9)18-13/h2-8,11H,1H2. The maximum absolute atomic E-state index is 5.56. The van der Waals surface area contributed by atoms with Crippen LogP contribution < -0.4 is 0 Å². The topological polar surface area (TPSA) is 35.0 Å². The maximum Gasteiger partial charge on any atom is 0.200 e. The van der Waals surface area contributed by atoms with Gasteiger partial charge in [0.05, 0.1) is 16.5 Å². The van der Waals surface area contributed by atoms with Crippen LogP contribution in [-0.4, -0.2) is 9.97 Å². The van der Waals surface area contributed by atoms with Crippen LogP contribution in [0.5, 0.6) is 0 Å². The number of aromatic nitrogens is 2. The van der Waals surface area contributed by atoms with Gasteiger partial charge in [-0.25, -0.2) is 9.97 Å². The first-order chi connectivity index (χ1) is 8.88. The van der Waals surface area contributed by atoms with E-state index in [0.717, 1.165) is 20.2 Å². The third kappa shape index (κ3) is 2.02. The molecule has 1 aromatic carbocycles. The average molecular weight is 274 g/mol. The van der Waals surface area contributed by atoms with Gasteiger partial charge < -0.3 is 4.74 Å². The largest absolute Gasteiger partial charge is 0.484 e. The molecular formula is C13H10N2OS2. The molecule has 0 aliphatic heterocycles. The van der Waals surface area contributed by atoms with Crippen molar-refractivity contribution in [2.75, 3.05) is 0 Å². The summed E-state index contributed by atoms with van der Waals surface area (Å²) in [5.41, 5.74) is 0.992. The molecule has 2 heterocycles. The Labute approximate surface area is 112 Å². The average Bonchev–Trinajstić information content (AvgIpc) is 3.04. The summed E-state index contributed by atoms with van der Waals surface area (Å²) >= 11 is 3.18. The molecule has 3 nitrogen and oxygen atoms in total. The van der Waals surface area contributed by atoms with Gasteiger partial charge in [-0.1, -0.05) is 18.7 Å². The Morgan fingerprint density at radius 3 is 2.89 bits per heavy atom. The SMILES string of the molecule is C=COC(c1nccs1)c1nc2ccccc2s1. The van der Waals surface area contributed by atoms with Gasteiger partial charge in [0, 0.05) is 11.6 Å². The molecule has 90 valence electrons. The lowest BCUT2D eigenvalue weighted by molar-refractivity contribution is 0.183. The monoisotopic (exact) mass is 274 g/mol. The summed E-state index contributed by atoms with van der Waals surface area (Å²) in [6, 6.07) is 8.06. The second kappa shape index (κ2) is 4.88. The minimum absolute atomic E-state index is 0.250. The number of hydrogen-bond acceptors (Lipinski definition) is 5. The number of hydrogen-bond donors (Lipinski definition) is 0. The molecule has 2 aromatic heterocycles. The van der Waals surface area contributed by atoms with Crippen LogP contribution in [0.3, 0.4) is 0 Å². The number of fused-ring (bicyclic) bond motifs is 1. The van der Waals surface area contributed by atoms with E-state index in [1.165, 1.54) is 6.26 Å². The molecule has 0 N–H and O–H groups in total. The molecule has 0 fully saturated rings. The molecule has 0 saturated heterocycles. The van der Waals surface area contributed by atoms with Gasteiger partial charge in [0.25, 0.3) is 0 Å². The van der Waals surface area contributed by atoms with E-state index in [9.17, 15) is 0 Å². The Morgan fingerprint density at radius 2 is 2.17 bits per heavy atom. The summed E-state index contributed by atoms with van der Waals surface area (Å²) in [4.78, 5) is 8.89. The minimum atomic E-state index is -0.250. The lowest BCUT2D eigenvalue weighted by atomic mass is 10.3. The Morgan fingerprint density at radius 1 is 1.28 bits per heavy atom. The molecule has 0 aliphatic rings. The predicted molar refractivity (Wildman–Crippen MR) is 74.9 cm³/mol. The van der Waals surface area contributed by atoms with Crippen molar-refractivity contribution < 1.29 is 4.74 Å². The van der Waals surface area contributed by atoms with Crippen molar-refractivity contribution in [2.45, 2.75) is 6.10 Å². The minimum Gasteiger partial charge on any atom is -0.484 e. The van der Waals surface area contributed by atoms with Crippen molar-refractivity contribution in [1.82, 2.24) is 9.97 Å². The van der Waals surface area contributed by atoms with Crippen LogP contribution in [0.2, 0.25) is 0 Å². The van der Waals surface area contributed by atoms with Gasteiger partial charge in [0.15, 0.2) is 0 Å². The maximum atomic E-state index is 5.56. The highest BCUT2D eigenvalue weighted by Gasteiger charge is 2.21. The summed E-state index contributed by atoms with van der Waals surface area (Å²) < 4.78 is 6.72. The van der Waals surface area contributed by atoms with Crippen LogP contribution >= 0.6 is 22.7 Å². The van der Waals surface area contributed by atoms with E-state index >= 15 is 0 Å². The Kier molecular flexibility index (Phi) is 3.08. The Bertz CT molecular complexity index is 628. The van der Waals surface area contributed by atoms with Crippen LogP contribution in [0.4, 0.5) is 0 Å². The van der Waals surface area contributed by atoms with Crippen molar-refractivity contribution in [3.05, 3.63) is 58.7 Å². The van der Waals surface area contributed by atoms with Gasteiger partial charge in [0.2, 0.25) is 6.10 Å². The number of ether oxygens (including phenoxy) is 1. The van der Waals surface area contributed by atoms with Crippen LogP contribution in [0.25, 0.3) is 10.2 Å². The summed E-state index contributed by atoms with van der Waals surface area (Å²) in [7, 11) is 0. The van der Waals surface area contributed by atoms with Crippen molar-refractivity contribution >= 4 is 32.9 Å². The van der Waals surface area contributed by atoms with Crippen molar-refractivity contribution in [3.8, 4) is 0 Å². The van der Waals surface area contributed by atoms with Crippen molar-refractivity contribution in [1.29, 1.82) is 0 Å². The van der Waals surface area contributed by atoms with E-state index in [1.54, 1.807) is 28.9 Å². The molecule has 0 bridgehead atoms. The molecule has 1 atom stereocenters. The highest BCUT2D eigenvalue weighted by Crippen LogP contribution is 2.33. The highest BCUT2D eigenvalue weighted by molar-refractivity contribution is 7.18. The molecule has 18 heavy (non-hydrogen) atoms. The molecule has 0 amide bonds. The fourth-order valence-electron chi connectivity index (χ4n) is 1.68. The molecule has 0 spiro atoms. The summed E-state index contributed by atoms with van der Waals surface area (Å²) in [6.45, 7) is 3.62. The second-order valence-electron chi connectivity index (χ2n) is 3.57. The number of para-hydroxylation sites is 1. The number of thiazole rings is 2. The van der Waals surface area contributed by atoms with Gasteiger partial charge in [0.1, 0.15) is 10.0 Å². The molecule has 0 saturated carbocycles.